The van der Waals surface area contributed by atoms with Crippen LogP contribution in [-0.4, -0.2) is 6.54 Å². The van der Waals surface area contributed by atoms with Gasteiger partial charge in [-0.05, 0) is 43.1 Å². The number of hydrogen-bond donors (Lipinski definition) is 1. The third-order valence-electron chi connectivity index (χ3n) is 3.06. The fourth-order valence-electron chi connectivity index (χ4n) is 1.84. The highest BCUT2D eigenvalue weighted by Gasteiger charge is 2.43. The lowest BCUT2D eigenvalue weighted by molar-refractivity contribution is 0.287. The topological polar surface area (TPSA) is 26.0 Å². The van der Waals surface area contributed by atoms with E-state index in [1.165, 1.54) is 19.3 Å². The molecule has 1 nitrogen and oxygen atoms in total. The first-order chi connectivity index (χ1) is 5.08. The molecular weight excluding hydrogens is 134 g/mol. The Morgan fingerprint density at radius 2 is 1.91 bits per heavy atom. The van der Waals surface area contributed by atoms with Gasteiger partial charge in [-0.15, -0.1) is 0 Å². The number of rotatable bonds is 4. The van der Waals surface area contributed by atoms with Crippen LogP contribution in [0.5, 0.6) is 0 Å². The van der Waals surface area contributed by atoms with E-state index in [9.17, 15) is 0 Å². The Hall–Kier alpha value is -0.0400. The predicted molar refractivity (Wildman–Crippen MR) is 49.3 cm³/mol. The van der Waals surface area contributed by atoms with E-state index >= 15 is 0 Å². The minimum atomic E-state index is 0.624. The van der Waals surface area contributed by atoms with Gasteiger partial charge in [0.1, 0.15) is 0 Å². The Morgan fingerprint density at radius 1 is 1.36 bits per heavy atom. The van der Waals surface area contributed by atoms with Crippen molar-refractivity contribution >= 4 is 0 Å². The molecule has 0 heterocycles. The molecular formula is C10H21N. The fourth-order valence-corrected chi connectivity index (χ4v) is 1.84. The van der Waals surface area contributed by atoms with E-state index in [0.29, 0.717) is 5.41 Å². The SMILES string of the molecule is CC(C)CC(CN)C1(C)CC1. The smallest absolute Gasteiger partial charge is 0.00436 e. The molecule has 0 spiro atoms. The molecule has 0 radical (unpaired) electrons. The van der Waals surface area contributed by atoms with E-state index in [1.807, 2.05) is 0 Å². The Kier molecular flexibility index (Phi) is 2.58. The average molecular weight is 155 g/mol. The van der Waals surface area contributed by atoms with Crippen LogP contribution in [0.1, 0.15) is 40.0 Å². The quantitative estimate of drug-likeness (QED) is 0.663. The molecule has 1 atom stereocenters. The first-order valence-electron chi connectivity index (χ1n) is 4.78. The lowest BCUT2D eigenvalue weighted by Gasteiger charge is -2.23. The van der Waals surface area contributed by atoms with Crippen LogP contribution in [0.3, 0.4) is 0 Å². The van der Waals surface area contributed by atoms with Crippen LogP contribution in [0, 0.1) is 17.3 Å². The standard InChI is InChI=1S/C10H21N/c1-8(2)6-9(7-11)10(3)4-5-10/h8-9H,4-7,11H2,1-3H3. The molecule has 1 fully saturated rings. The van der Waals surface area contributed by atoms with Crippen molar-refractivity contribution in [3.05, 3.63) is 0 Å². The van der Waals surface area contributed by atoms with Crippen molar-refractivity contribution in [2.75, 3.05) is 6.54 Å². The molecule has 1 heteroatoms. The predicted octanol–water partition coefficient (Wildman–Crippen LogP) is 2.41. The van der Waals surface area contributed by atoms with E-state index in [0.717, 1.165) is 18.4 Å². The van der Waals surface area contributed by atoms with Crippen LogP contribution in [0.25, 0.3) is 0 Å². The zero-order chi connectivity index (χ0) is 8.48. The minimum Gasteiger partial charge on any atom is -0.330 e. The largest absolute Gasteiger partial charge is 0.330 e. The highest BCUT2D eigenvalue weighted by molar-refractivity contribution is 4.95. The second kappa shape index (κ2) is 3.14. The summed E-state index contributed by atoms with van der Waals surface area (Å²) in [5.74, 6) is 1.59. The molecule has 66 valence electrons. The van der Waals surface area contributed by atoms with Crippen LogP contribution < -0.4 is 5.73 Å². The number of hydrogen-bond acceptors (Lipinski definition) is 1. The maximum atomic E-state index is 5.75. The summed E-state index contributed by atoms with van der Waals surface area (Å²) in [5, 5.41) is 0. The van der Waals surface area contributed by atoms with E-state index in [2.05, 4.69) is 20.8 Å². The lowest BCUT2D eigenvalue weighted by Crippen LogP contribution is -2.24. The minimum absolute atomic E-state index is 0.624. The van der Waals surface area contributed by atoms with Gasteiger partial charge in [-0.25, -0.2) is 0 Å². The molecule has 1 aliphatic carbocycles. The van der Waals surface area contributed by atoms with Crippen LogP contribution in [-0.2, 0) is 0 Å². The van der Waals surface area contributed by atoms with Crippen molar-refractivity contribution in [3.8, 4) is 0 Å². The number of nitrogens with two attached hydrogens (primary N) is 1. The molecule has 0 amide bonds. The van der Waals surface area contributed by atoms with Crippen LogP contribution in [0.15, 0.2) is 0 Å². The van der Waals surface area contributed by atoms with Gasteiger partial charge < -0.3 is 5.73 Å². The summed E-state index contributed by atoms with van der Waals surface area (Å²) in [4.78, 5) is 0. The normalized spacial score (nSPS) is 23.7. The van der Waals surface area contributed by atoms with Gasteiger partial charge in [0, 0.05) is 0 Å². The summed E-state index contributed by atoms with van der Waals surface area (Å²) in [6.45, 7) is 7.84. The second-order valence-electron chi connectivity index (χ2n) is 4.72. The fraction of sp³-hybridized carbons (Fsp3) is 1.00. The van der Waals surface area contributed by atoms with Crippen molar-refractivity contribution in [3.63, 3.8) is 0 Å². The average Bonchev–Trinajstić information content (AvgIpc) is 2.63. The molecule has 0 aromatic carbocycles. The third kappa shape index (κ3) is 2.19. The van der Waals surface area contributed by atoms with E-state index in [1.54, 1.807) is 0 Å². The molecule has 1 aliphatic rings. The summed E-state index contributed by atoms with van der Waals surface area (Å²) in [7, 11) is 0. The summed E-state index contributed by atoms with van der Waals surface area (Å²) in [6, 6.07) is 0. The van der Waals surface area contributed by atoms with Crippen LogP contribution in [0.4, 0.5) is 0 Å². The van der Waals surface area contributed by atoms with E-state index in [4.69, 9.17) is 5.73 Å². The third-order valence-corrected chi connectivity index (χ3v) is 3.06. The molecule has 0 aromatic rings. The van der Waals surface area contributed by atoms with Gasteiger partial charge in [-0.3, -0.25) is 0 Å². The highest BCUT2D eigenvalue weighted by Crippen LogP contribution is 2.52. The van der Waals surface area contributed by atoms with E-state index in [-0.39, 0.29) is 0 Å². The monoisotopic (exact) mass is 155 g/mol. The summed E-state index contributed by atoms with van der Waals surface area (Å²) in [6.07, 6.45) is 4.12. The molecule has 0 aliphatic heterocycles. The Balaban J connectivity index is 2.37. The zero-order valence-electron chi connectivity index (χ0n) is 8.06. The van der Waals surface area contributed by atoms with Gasteiger partial charge in [-0.2, -0.15) is 0 Å². The Bertz CT molecular complexity index is 125. The summed E-state index contributed by atoms with van der Waals surface area (Å²) < 4.78 is 0. The van der Waals surface area contributed by atoms with Crippen molar-refractivity contribution in [1.29, 1.82) is 0 Å². The maximum absolute atomic E-state index is 5.75. The Labute approximate surface area is 70.4 Å². The first kappa shape index (κ1) is 9.05. The summed E-state index contributed by atoms with van der Waals surface area (Å²) >= 11 is 0. The lowest BCUT2D eigenvalue weighted by atomic mass is 9.84. The van der Waals surface area contributed by atoms with E-state index < -0.39 is 0 Å². The van der Waals surface area contributed by atoms with Crippen molar-refractivity contribution in [2.24, 2.45) is 23.0 Å². The van der Waals surface area contributed by atoms with Crippen molar-refractivity contribution < 1.29 is 0 Å². The Morgan fingerprint density at radius 3 is 2.18 bits per heavy atom. The van der Waals surface area contributed by atoms with Gasteiger partial charge in [0.15, 0.2) is 0 Å². The highest BCUT2D eigenvalue weighted by atomic mass is 14.6. The zero-order valence-corrected chi connectivity index (χ0v) is 8.06. The molecule has 0 bridgehead atoms. The first-order valence-corrected chi connectivity index (χ1v) is 4.78. The van der Waals surface area contributed by atoms with Crippen LogP contribution >= 0.6 is 0 Å². The van der Waals surface area contributed by atoms with Crippen molar-refractivity contribution in [2.45, 2.75) is 40.0 Å². The molecule has 2 N–H and O–H groups in total. The molecule has 1 rings (SSSR count). The molecule has 11 heavy (non-hydrogen) atoms. The maximum Gasteiger partial charge on any atom is -0.00436 e. The molecule has 1 unspecified atom stereocenters. The van der Waals surface area contributed by atoms with Gasteiger partial charge in [-0.1, -0.05) is 20.8 Å². The van der Waals surface area contributed by atoms with Gasteiger partial charge in [0.2, 0.25) is 0 Å². The van der Waals surface area contributed by atoms with Gasteiger partial charge in [0.25, 0.3) is 0 Å². The van der Waals surface area contributed by atoms with Gasteiger partial charge >= 0.3 is 0 Å². The van der Waals surface area contributed by atoms with Crippen LogP contribution in [0.2, 0.25) is 0 Å². The van der Waals surface area contributed by atoms with Gasteiger partial charge in [0.05, 0.1) is 0 Å². The molecule has 0 aromatic heterocycles. The molecule has 1 saturated carbocycles. The molecule has 0 saturated heterocycles. The summed E-state index contributed by atoms with van der Waals surface area (Å²) in [5.41, 5.74) is 6.37. The second-order valence-corrected chi connectivity index (χ2v) is 4.72. The van der Waals surface area contributed by atoms with Crippen molar-refractivity contribution in [1.82, 2.24) is 0 Å².